The van der Waals surface area contributed by atoms with Gasteiger partial charge in [-0.25, -0.2) is 14.8 Å². The quantitative estimate of drug-likeness (QED) is 0.524. The van der Waals surface area contributed by atoms with Crippen LogP contribution in [-0.2, 0) is 4.74 Å². The summed E-state index contributed by atoms with van der Waals surface area (Å²) in [5.74, 6) is 0.604. The van der Waals surface area contributed by atoms with Gasteiger partial charge in [0.2, 0.25) is 0 Å². The van der Waals surface area contributed by atoms with Crippen LogP contribution in [0, 0.1) is 0 Å². The van der Waals surface area contributed by atoms with E-state index in [1.807, 2.05) is 62.4 Å². The summed E-state index contributed by atoms with van der Waals surface area (Å²) in [4.78, 5) is 23.8. The minimum absolute atomic E-state index is 0.234. The van der Waals surface area contributed by atoms with Crippen LogP contribution in [0.5, 0.6) is 0 Å². The van der Waals surface area contributed by atoms with E-state index in [0.717, 1.165) is 11.3 Å². The lowest BCUT2D eigenvalue weighted by atomic mass is 10.1. The number of benzene rings is 1. The third kappa shape index (κ3) is 4.53. The molecule has 1 aromatic carbocycles. The van der Waals surface area contributed by atoms with Crippen LogP contribution in [0.2, 0.25) is 5.15 Å². The molecule has 0 bridgehead atoms. The zero-order chi connectivity index (χ0) is 21.3. The number of nitrogens with zero attached hydrogens (tertiary/aromatic N) is 4. The summed E-state index contributed by atoms with van der Waals surface area (Å²) in [6.07, 6.45) is 3.02. The molecule has 6 nitrogen and oxygen atoms in total. The number of hydrogen-bond donors (Lipinski definition) is 0. The molecule has 0 N–H and O–H groups in total. The topological polar surface area (TPSA) is 59.7 Å². The van der Waals surface area contributed by atoms with Crippen molar-refractivity contribution >= 4 is 29.2 Å². The van der Waals surface area contributed by atoms with Crippen molar-refractivity contribution < 1.29 is 9.53 Å². The highest BCUT2D eigenvalue weighted by atomic mass is 35.5. The molecule has 0 saturated heterocycles. The van der Waals surface area contributed by atoms with Crippen molar-refractivity contribution in [3.8, 4) is 0 Å². The molecule has 0 aliphatic heterocycles. The smallest absolute Gasteiger partial charge is 0.416 e. The average Bonchev–Trinajstić information content (AvgIpc) is 3.05. The third-order valence-electron chi connectivity index (χ3n) is 4.55. The zero-order valence-electron chi connectivity index (χ0n) is 17.7. The Labute approximate surface area is 176 Å². The molecule has 0 radical (unpaired) electrons. The maximum absolute atomic E-state index is 13.3. The number of rotatable bonds is 4. The molecule has 2 heterocycles. The SMILES string of the molecule is CC(C)c1cnc2c(N(C(=O)OC(C)(C)C)[C@@H](C)c3ccccc3)nc(Cl)cn12. The summed E-state index contributed by atoms with van der Waals surface area (Å²) in [6, 6.07) is 9.41. The Bertz CT molecular complexity index is 1010. The van der Waals surface area contributed by atoms with Crippen molar-refractivity contribution in [2.45, 2.75) is 59.1 Å². The number of amides is 1. The standard InChI is InChI=1S/C22H27ClN4O2/c1-14(2)17-12-24-19-20(25-18(23)13-26(17)19)27(21(28)29-22(4,5)6)15(3)16-10-8-7-9-11-16/h7-15H,1-6H3/t15-/m0/s1. The first-order valence-electron chi connectivity index (χ1n) is 9.69. The number of aromatic nitrogens is 3. The van der Waals surface area contributed by atoms with Crippen LogP contribution in [0.3, 0.4) is 0 Å². The first kappa shape index (κ1) is 21.1. The van der Waals surface area contributed by atoms with E-state index in [9.17, 15) is 4.79 Å². The van der Waals surface area contributed by atoms with Crippen LogP contribution in [0.1, 0.15) is 64.8 Å². The highest BCUT2D eigenvalue weighted by molar-refractivity contribution is 6.29. The molecule has 0 aliphatic carbocycles. The van der Waals surface area contributed by atoms with Crippen molar-refractivity contribution in [3.63, 3.8) is 0 Å². The predicted molar refractivity (Wildman–Crippen MR) is 116 cm³/mol. The molecule has 0 spiro atoms. The van der Waals surface area contributed by atoms with Gasteiger partial charge in [0.05, 0.1) is 6.04 Å². The van der Waals surface area contributed by atoms with E-state index < -0.39 is 11.7 Å². The van der Waals surface area contributed by atoms with Gasteiger partial charge in [0, 0.05) is 18.1 Å². The second-order valence-electron chi connectivity index (χ2n) is 8.36. The van der Waals surface area contributed by atoms with Gasteiger partial charge in [-0.15, -0.1) is 0 Å². The second-order valence-corrected chi connectivity index (χ2v) is 8.74. The summed E-state index contributed by atoms with van der Waals surface area (Å²) in [5, 5.41) is 0.279. The third-order valence-corrected chi connectivity index (χ3v) is 4.74. The lowest BCUT2D eigenvalue weighted by Gasteiger charge is -2.31. The molecule has 3 aromatic rings. The lowest BCUT2D eigenvalue weighted by Crippen LogP contribution is -2.39. The second kappa shape index (κ2) is 8.03. The summed E-state index contributed by atoms with van der Waals surface area (Å²) in [5.41, 5.74) is 1.85. The molecule has 1 amide bonds. The molecule has 0 saturated carbocycles. The summed E-state index contributed by atoms with van der Waals surface area (Å²) in [7, 11) is 0. The van der Waals surface area contributed by atoms with Gasteiger partial charge in [-0.1, -0.05) is 55.8 Å². The summed E-state index contributed by atoms with van der Waals surface area (Å²) >= 11 is 6.35. The first-order valence-corrected chi connectivity index (χ1v) is 10.1. The molecule has 154 valence electrons. The number of carbonyl (C=O) groups is 1. The zero-order valence-corrected chi connectivity index (χ0v) is 18.4. The Morgan fingerprint density at radius 3 is 2.41 bits per heavy atom. The monoisotopic (exact) mass is 414 g/mol. The molecule has 0 aliphatic rings. The number of imidazole rings is 1. The number of fused-ring (bicyclic) bond motifs is 1. The highest BCUT2D eigenvalue weighted by Gasteiger charge is 2.32. The van der Waals surface area contributed by atoms with Gasteiger partial charge >= 0.3 is 6.09 Å². The molecular weight excluding hydrogens is 388 g/mol. The molecule has 7 heteroatoms. The van der Waals surface area contributed by atoms with Crippen LogP contribution in [-0.4, -0.2) is 26.1 Å². The van der Waals surface area contributed by atoms with Gasteiger partial charge in [0.1, 0.15) is 10.8 Å². The highest BCUT2D eigenvalue weighted by Crippen LogP contribution is 2.32. The maximum atomic E-state index is 13.3. The minimum atomic E-state index is -0.654. The van der Waals surface area contributed by atoms with Crippen LogP contribution >= 0.6 is 11.6 Å². The Hall–Kier alpha value is -2.60. The fourth-order valence-electron chi connectivity index (χ4n) is 3.17. The molecule has 3 rings (SSSR count). The Morgan fingerprint density at radius 2 is 1.83 bits per heavy atom. The van der Waals surface area contributed by atoms with Crippen molar-refractivity contribution in [3.05, 3.63) is 59.1 Å². The predicted octanol–water partition coefficient (Wildman–Crippen LogP) is 6.01. The van der Waals surface area contributed by atoms with E-state index in [2.05, 4.69) is 23.8 Å². The molecule has 29 heavy (non-hydrogen) atoms. The normalized spacial score (nSPS) is 13.0. The Morgan fingerprint density at radius 1 is 1.17 bits per heavy atom. The summed E-state index contributed by atoms with van der Waals surface area (Å²) in [6.45, 7) is 11.6. The van der Waals surface area contributed by atoms with Crippen molar-refractivity contribution in [1.29, 1.82) is 0 Å². The van der Waals surface area contributed by atoms with E-state index >= 15 is 0 Å². The Balaban J connectivity index is 2.20. The van der Waals surface area contributed by atoms with Crippen LogP contribution in [0.15, 0.2) is 42.7 Å². The van der Waals surface area contributed by atoms with Crippen molar-refractivity contribution in [2.75, 3.05) is 4.90 Å². The van der Waals surface area contributed by atoms with Crippen molar-refractivity contribution in [2.24, 2.45) is 0 Å². The van der Waals surface area contributed by atoms with Gasteiger partial charge in [-0.05, 0) is 39.2 Å². The molecule has 1 atom stereocenters. The average molecular weight is 415 g/mol. The fraction of sp³-hybridized carbons (Fsp3) is 0.409. The van der Waals surface area contributed by atoms with E-state index in [-0.39, 0.29) is 17.1 Å². The van der Waals surface area contributed by atoms with E-state index in [1.54, 1.807) is 12.4 Å². The number of hydrogen-bond acceptors (Lipinski definition) is 4. The first-order chi connectivity index (χ1) is 13.6. The Kier molecular flexibility index (Phi) is 5.85. The van der Waals surface area contributed by atoms with E-state index in [1.165, 1.54) is 4.90 Å². The van der Waals surface area contributed by atoms with Gasteiger partial charge in [0.15, 0.2) is 11.5 Å². The lowest BCUT2D eigenvalue weighted by molar-refractivity contribution is 0.0566. The van der Waals surface area contributed by atoms with Crippen LogP contribution in [0.4, 0.5) is 10.6 Å². The minimum Gasteiger partial charge on any atom is -0.443 e. The van der Waals surface area contributed by atoms with Gasteiger partial charge in [-0.2, -0.15) is 0 Å². The van der Waals surface area contributed by atoms with Gasteiger partial charge < -0.3 is 4.74 Å². The number of carbonyl (C=O) groups excluding carboxylic acids is 1. The number of halogens is 1. The largest absolute Gasteiger partial charge is 0.443 e. The van der Waals surface area contributed by atoms with E-state index in [4.69, 9.17) is 16.3 Å². The van der Waals surface area contributed by atoms with Crippen molar-refractivity contribution in [1.82, 2.24) is 14.4 Å². The number of ether oxygens (including phenoxy) is 1. The van der Waals surface area contributed by atoms with Gasteiger partial charge in [-0.3, -0.25) is 9.30 Å². The maximum Gasteiger partial charge on any atom is 0.416 e. The molecule has 0 unspecified atom stereocenters. The molecule has 2 aromatic heterocycles. The van der Waals surface area contributed by atoms with Crippen LogP contribution in [0.25, 0.3) is 5.65 Å². The molecular formula is C22H27ClN4O2. The van der Waals surface area contributed by atoms with Gasteiger partial charge in [0.25, 0.3) is 0 Å². The summed E-state index contributed by atoms with van der Waals surface area (Å²) < 4.78 is 7.60. The number of anilines is 1. The van der Waals surface area contributed by atoms with E-state index in [0.29, 0.717) is 11.5 Å². The van der Waals surface area contributed by atoms with Crippen LogP contribution < -0.4 is 4.90 Å². The fourth-order valence-corrected chi connectivity index (χ4v) is 3.35. The molecule has 0 fully saturated rings.